The van der Waals surface area contributed by atoms with Gasteiger partial charge in [0.15, 0.2) is 0 Å². The molecule has 1 aromatic carbocycles. The molecule has 0 N–H and O–H groups in total. The summed E-state index contributed by atoms with van der Waals surface area (Å²) in [6.45, 7) is 3.98. The average Bonchev–Trinajstić information content (AvgIpc) is 1.85. The second kappa shape index (κ2) is 3.52. The van der Waals surface area contributed by atoms with Gasteiger partial charge in [0.05, 0.1) is 0 Å². The minimum absolute atomic E-state index is 0.0908. The first-order chi connectivity index (χ1) is 5.11. The van der Waals surface area contributed by atoms with Crippen molar-refractivity contribution in [2.75, 3.05) is 0 Å². The number of hydrogen-bond acceptors (Lipinski definition) is 0. The van der Waals surface area contributed by atoms with E-state index < -0.39 is 0 Å². The predicted molar refractivity (Wildman–Crippen MR) is 53.2 cm³/mol. The normalized spacial score (nSPS) is 10.6. The van der Waals surface area contributed by atoms with Crippen LogP contribution in [0.4, 0.5) is 4.39 Å². The lowest BCUT2D eigenvalue weighted by atomic mass is 10.0. The fourth-order valence-corrected chi connectivity index (χ4v) is 1.42. The van der Waals surface area contributed by atoms with Crippen LogP contribution in [0.5, 0.6) is 0 Å². The van der Waals surface area contributed by atoms with Crippen LogP contribution in [-0.2, 0) is 0 Å². The van der Waals surface area contributed by atoms with Crippen LogP contribution in [0.1, 0.15) is 25.3 Å². The highest BCUT2D eigenvalue weighted by molar-refractivity contribution is 14.1. The van der Waals surface area contributed by atoms with E-state index in [-0.39, 0.29) is 11.7 Å². The predicted octanol–water partition coefficient (Wildman–Crippen LogP) is 3.55. The maximum Gasteiger partial charge on any atom is 0.127 e. The van der Waals surface area contributed by atoms with Gasteiger partial charge in [-0.15, -0.1) is 0 Å². The summed E-state index contributed by atoms with van der Waals surface area (Å²) >= 11 is 2.11. The van der Waals surface area contributed by atoms with Crippen LogP contribution in [-0.4, -0.2) is 0 Å². The van der Waals surface area contributed by atoms with E-state index in [1.54, 1.807) is 6.07 Å². The molecule has 0 unspecified atom stereocenters. The van der Waals surface area contributed by atoms with Crippen LogP contribution in [0.15, 0.2) is 18.2 Å². The van der Waals surface area contributed by atoms with E-state index in [0.717, 1.165) is 9.13 Å². The average molecular weight is 264 g/mol. The second-order valence-electron chi connectivity index (χ2n) is 2.82. The van der Waals surface area contributed by atoms with Crippen LogP contribution in [0, 0.1) is 9.39 Å². The molecule has 0 fully saturated rings. The Morgan fingerprint density at radius 2 is 2.00 bits per heavy atom. The third-order valence-corrected chi connectivity index (χ3v) is 2.26. The van der Waals surface area contributed by atoms with Crippen LogP contribution in [0.2, 0.25) is 0 Å². The maximum absolute atomic E-state index is 13.1. The van der Waals surface area contributed by atoms with Gasteiger partial charge in [-0.2, -0.15) is 0 Å². The molecule has 60 valence electrons. The van der Waals surface area contributed by atoms with Crippen molar-refractivity contribution in [2.24, 2.45) is 0 Å². The summed E-state index contributed by atoms with van der Waals surface area (Å²) in [5, 5.41) is 0. The highest BCUT2D eigenvalue weighted by Crippen LogP contribution is 2.19. The van der Waals surface area contributed by atoms with Crippen molar-refractivity contribution in [1.82, 2.24) is 0 Å². The van der Waals surface area contributed by atoms with Crippen LogP contribution >= 0.6 is 22.6 Å². The molecule has 0 spiro atoms. The fraction of sp³-hybridized carbons (Fsp3) is 0.333. The molecule has 11 heavy (non-hydrogen) atoms. The zero-order chi connectivity index (χ0) is 8.43. The Morgan fingerprint density at radius 1 is 1.36 bits per heavy atom. The molecule has 0 aliphatic rings. The van der Waals surface area contributed by atoms with Crippen molar-refractivity contribution < 1.29 is 4.39 Å². The smallest absolute Gasteiger partial charge is 0.127 e. The standard InChI is InChI=1S/C9H10FI/c1-6(2)8-4-3-7(11)5-9(8)10/h3-6H,1-2H3. The topological polar surface area (TPSA) is 0 Å². The van der Waals surface area contributed by atoms with E-state index in [9.17, 15) is 4.39 Å². The Bertz CT molecular complexity index is 256. The molecule has 1 aromatic rings. The third kappa shape index (κ3) is 2.15. The highest BCUT2D eigenvalue weighted by Gasteiger charge is 2.05. The summed E-state index contributed by atoms with van der Waals surface area (Å²) in [5.74, 6) is 0.180. The summed E-state index contributed by atoms with van der Waals surface area (Å²) in [7, 11) is 0. The molecule has 0 aliphatic heterocycles. The first-order valence-corrected chi connectivity index (χ1v) is 4.64. The molecule has 2 heteroatoms. The van der Waals surface area contributed by atoms with Crippen molar-refractivity contribution in [3.63, 3.8) is 0 Å². The molecule has 0 nitrogen and oxygen atoms in total. The van der Waals surface area contributed by atoms with Crippen LogP contribution < -0.4 is 0 Å². The lowest BCUT2D eigenvalue weighted by molar-refractivity contribution is 0.597. The number of halogens is 2. The molecule has 0 saturated carbocycles. The molecule has 0 heterocycles. The Labute approximate surface area is 80.0 Å². The molecular weight excluding hydrogens is 254 g/mol. The SMILES string of the molecule is CC(C)c1ccc(I)cc1F. The molecule has 0 saturated heterocycles. The van der Waals surface area contributed by atoms with E-state index in [4.69, 9.17) is 0 Å². The largest absolute Gasteiger partial charge is 0.207 e. The second-order valence-corrected chi connectivity index (χ2v) is 4.07. The van der Waals surface area contributed by atoms with E-state index >= 15 is 0 Å². The zero-order valence-electron chi connectivity index (χ0n) is 6.57. The van der Waals surface area contributed by atoms with Gasteiger partial charge in [0.25, 0.3) is 0 Å². The lowest BCUT2D eigenvalue weighted by Crippen LogP contribution is -1.92. The van der Waals surface area contributed by atoms with Gasteiger partial charge in [0.2, 0.25) is 0 Å². The molecule has 0 aromatic heterocycles. The van der Waals surface area contributed by atoms with Gasteiger partial charge in [-0.3, -0.25) is 0 Å². The Balaban J connectivity index is 3.09. The lowest BCUT2D eigenvalue weighted by Gasteiger charge is -2.05. The van der Waals surface area contributed by atoms with E-state index in [0.29, 0.717) is 0 Å². The first kappa shape index (κ1) is 8.97. The van der Waals surface area contributed by atoms with Crippen molar-refractivity contribution in [2.45, 2.75) is 19.8 Å². The highest BCUT2D eigenvalue weighted by atomic mass is 127. The summed E-state index contributed by atoms with van der Waals surface area (Å²) in [6.07, 6.45) is 0. The summed E-state index contributed by atoms with van der Waals surface area (Å²) in [6, 6.07) is 5.34. The van der Waals surface area contributed by atoms with Gasteiger partial charge >= 0.3 is 0 Å². The van der Waals surface area contributed by atoms with Gasteiger partial charge in [0, 0.05) is 3.57 Å². The molecule has 1 rings (SSSR count). The molecule has 0 radical (unpaired) electrons. The Hall–Kier alpha value is -0.120. The zero-order valence-corrected chi connectivity index (χ0v) is 8.72. The molecule has 0 bridgehead atoms. The number of hydrogen-bond donors (Lipinski definition) is 0. The fourth-order valence-electron chi connectivity index (χ4n) is 0.970. The molecule has 0 atom stereocenters. The van der Waals surface area contributed by atoms with E-state index in [1.807, 2.05) is 26.0 Å². The van der Waals surface area contributed by atoms with Gasteiger partial charge in [-0.05, 0) is 46.2 Å². The van der Waals surface area contributed by atoms with Crippen molar-refractivity contribution >= 4 is 22.6 Å². The van der Waals surface area contributed by atoms with Crippen LogP contribution in [0.25, 0.3) is 0 Å². The number of benzene rings is 1. The van der Waals surface area contributed by atoms with Gasteiger partial charge in [0.1, 0.15) is 5.82 Å². The summed E-state index contributed by atoms with van der Waals surface area (Å²) < 4.78 is 14.0. The van der Waals surface area contributed by atoms with E-state index in [2.05, 4.69) is 22.6 Å². The monoisotopic (exact) mass is 264 g/mol. The van der Waals surface area contributed by atoms with Gasteiger partial charge < -0.3 is 0 Å². The van der Waals surface area contributed by atoms with E-state index in [1.165, 1.54) is 0 Å². The minimum Gasteiger partial charge on any atom is -0.207 e. The third-order valence-electron chi connectivity index (χ3n) is 1.58. The minimum atomic E-state index is -0.0908. The van der Waals surface area contributed by atoms with Crippen LogP contribution in [0.3, 0.4) is 0 Å². The first-order valence-electron chi connectivity index (χ1n) is 3.56. The molecule has 0 amide bonds. The molecule has 0 aliphatic carbocycles. The van der Waals surface area contributed by atoms with Crippen molar-refractivity contribution in [3.05, 3.63) is 33.1 Å². The Kier molecular flexibility index (Phi) is 2.87. The quantitative estimate of drug-likeness (QED) is 0.680. The summed E-state index contributed by atoms with van der Waals surface area (Å²) in [4.78, 5) is 0. The van der Waals surface area contributed by atoms with Gasteiger partial charge in [-0.1, -0.05) is 19.9 Å². The summed E-state index contributed by atoms with van der Waals surface area (Å²) in [5.41, 5.74) is 0.797. The van der Waals surface area contributed by atoms with Crippen molar-refractivity contribution in [3.8, 4) is 0 Å². The van der Waals surface area contributed by atoms with Crippen molar-refractivity contribution in [1.29, 1.82) is 0 Å². The Morgan fingerprint density at radius 3 is 2.45 bits per heavy atom. The maximum atomic E-state index is 13.1. The number of rotatable bonds is 1. The van der Waals surface area contributed by atoms with Gasteiger partial charge in [-0.25, -0.2) is 4.39 Å². The molecular formula is C9H10FI.